The minimum Gasteiger partial charge on any atom is -0.355 e. The van der Waals surface area contributed by atoms with Crippen molar-refractivity contribution < 1.29 is 84.1 Å². The van der Waals surface area contributed by atoms with Crippen LogP contribution in [0.2, 0.25) is 0 Å². The Bertz CT molecular complexity index is 943. The summed E-state index contributed by atoms with van der Waals surface area (Å²) in [6.07, 6.45) is -9.66. The highest BCUT2D eigenvalue weighted by Gasteiger charge is 2.95. The normalized spacial score (nSPS) is 26.6. The molecule has 0 aliphatic heterocycles. The Morgan fingerprint density at radius 2 is 1.07 bits per heavy atom. The van der Waals surface area contributed by atoms with E-state index in [0.29, 0.717) is 12.3 Å². The van der Waals surface area contributed by atoms with Crippen molar-refractivity contribution in [2.24, 2.45) is 16.7 Å². The zero-order valence-corrected chi connectivity index (χ0v) is 21.3. The lowest BCUT2D eigenvalue weighted by Crippen LogP contribution is -2.74. The van der Waals surface area contributed by atoms with Gasteiger partial charge in [0.2, 0.25) is 0 Å². The summed E-state index contributed by atoms with van der Waals surface area (Å²) in [5.74, 6) is -55.9. The average molecular weight is 644 g/mol. The fourth-order valence-corrected chi connectivity index (χ4v) is 5.32. The predicted octanol–water partition coefficient (Wildman–Crippen LogP) is 8.98. The molecule has 2 aliphatic carbocycles. The average Bonchev–Trinajstić information content (AvgIpc) is 3.13. The van der Waals surface area contributed by atoms with Crippen LogP contribution in [0.5, 0.6) is 0 Å². The molecule has 3 unspecified atom stereocenters. The topological polar surface area (TPSA) is 18.5 Å². The van der Waals surface area contributed by atoms with E-state index < -0.39 is 73.9 Å². The second-order valence-electron chi connectivity index (χ2n) is 11.0. The zero-order chi connectivity index (χ0) is 32.5. The monoisotopic (exact) mass is 644 g/mol. The van der Waals surface area contributed by atoms with Gasteiger partial charge in [0.25, 0.3) is 0 Å². The van der Waals surface area contributed by atoms with Crippen LogP contribution < -0.4 is 0 Å². The molecule has 2 bridgehead atoms. The molecule has 0 N–H and O–H groups in total. The number of ether oxygens (including phenoxy) is 2. The molecule has 2 aliphatic rings. The standard InChI is InChI=1S/C22H25F17O2/c1-13(2)11-5-7-14(13,3)12(9-11)41-10-40-8-4-6-15(23,24)16(25,26)17(27,28)18(29,30)19(31,32)20(33,34)21(35,36)22(37,38)39/h11-12H,4-10H2,1-3H3. The molecule has 2 fully saturated rings. The molecule has 3 atom stereocenters. The Morgan fingerprint density at radius 3 is 1.46 bits per heavy atom. The van der Waals surface area contributed by atoms with E-state index in [1.807, 2.05) is 20.8 Å². The lowest BCUT2D eigenvalue weighted by Gasteiger charge is -2.42. The largest absolute Gasteiger partial charge is 0.460 e. The van der Waals surface area contributed by atoms with Gasteiger partial charge < -0.3 is 9.47 Å². The van der Waals surface area contributed by atoms with Crippen molar-refractivity contribution >= 4 is 0 Å². The Balaban J connectivity index is 2.09. The molecule has 19 heteroatoms. The summed E-state index contributed by atoms with van der Waals surface area (Å²) >= 11 is 0. The third-order valence-corrected chi connectivity index (χ3v) is 8.63. The first-order chi connectivity index (χ1) is 17.9. The number of alkyl halides is 17. The van der Waals surface area contributed by atoms with Crippen molar-refractivity contribution in [1.29, 1.82) is 0 Å². The van der Waals surface area contributed by atoms with Gasteiger partial charge in [-0.2, -0.15) is 74.6 Å². The third-order valence-electron chi connectivity index (χ3n) is 8.63. The summed E-state index contributed by atoms with van der Waals surface area (Å²) in [6.45, 7) is 4.39. The van der Waals surface area contributed by atoms with E-state index in [1.165, 1.54) is 0 Å². The molecule has 0 spiro atoms. The maximum Gasteiger partial charge on any atom is 0.460 e. The van der Waals surface area contributed by atoms with Gasteiger partial charge in [0.15, 0.2) is 0 Å². The second-order valence-corrected chi connectivity index (χ2v) is 11.0. The maximum atomic E-state index is 13.9. The molecule has 2 saturated carbocycles. The maximum absolute atomic E-state index is 13.9. The number of hydrogen-bond donors (Lipinski definition) is 0. The van der Waals surface area contributed by atoms with Gasteiger partial charge in [0.1, 0.15) is 6.79 Å². The number of fused-ring (bicyclic) bond motifs is 2. The van der Waals surface area contributed by atoms with E-state index in [0.717, 1.165) is 12.8 Å². The van der Waals surface area contributed by atoms with Gasteiger partial charge in [-0.25, -0.2) is 0 Å². The first kappa shape index (κ1) is 35.9. The zero-order valence-electron chi connectivity index (χ0n) is 21.3. The van der Waals surface area contributed by atoms with E-state index in [4.69, 9.17) is 9.47 Å². The second kappa shape index (κ2) is 10.1. The van der Waals surface area contributed by atoms with E-state index in [-0.39, 0.29) is 16.9 Å². The molecule has 0 radical (unpaired) electrons. The first-order valence-electron chi connectivity index (χ1n) is 11.8. The molecule has 0 aromatic heterocycles. The predicted molar refractivity (Wildman–Crippen MR) is 105 cm³/mol. The van der Waals surface area contributed by atoms with Crippen LogP contribution in [0.4, 0.5) is 74.6 Å². The van der Waals surface area contributed by atoms with E-state index in [1.54, 1.807) is 0 Å². The van der Waals surface area contributed by atoms with Crippen LogP contribution in [0, 0.1) is 16.7 Å². The lowest BCUT2D eigenvalue weighted by molar-refractivity contribution is -0.461. The molecule has 244 valence electrons. The van der Waals surface area contributed by atoms with Crippen LogP contribution in [-0.2, 0) is 9.47 Å². The Morgan fingerprint density at radius 1 is 0.634 bits per heavy atom. The fraction of sp³-hybridized carbons (Fsp3) is 1.00. The molecule has 0 aromatic rings. The highest BCUT2D eigenvalue weighted by Crippen LogP contribution is 2.67. The van der Waals surface area contributed by atoms with Gasteiger partial charge in [-0.3, -0.25) is 0 Å². The molecular weight excluding hydrogens is 619 g/mol. The van der Waals surface area contributed by atoms with Gasteiger partial charge in [0, 0.05) is 13.0 Å². The van der Waals surface area contributed by atoms with E-state index in [2.05, 4.69) is 0 Å². The Hall–Kier alpha value is -1.27. The van der Waals surface area contributed by atoms with Gasteiger partial charge >= 0.3 is 47.6 Å². The summed E-state index contributed by atoms with van der Waals surface area (Å²) in [4.78, 5) is 0. The summed E-state index contributed by atoms with van der Waals surface area (Å²) in [7, 11) is 0. The molecular formula is C22H25F17O2. The molecule has 0 aromatic carbocycles. The van der Waals surface area contributed by atoms with Crippen molar-refractivity contribution in [2.75, 3.05) is 13.4 Å². The van der Waals surface area contributed by atoms with Crippen molar-refractivity contribution in [1.82, 2.24) is 0 Å². The van der Waals surface area contributed by atoms with Gasteiger partial charge in [-0.1, -0.05) is 20.8 Å². The van der Waals surface area contributed by atoms with Crippen molar-refractivity contribution in [2.45, 2.75) is 107 Å². The minimum atomic E-state index is -8.62. The van der Waals surface area contributed by atoms with Crippen LogP contribution in [-0.4, -0.2) is 67.1 Å². The number of hydrogen-bond acceptors (Lipinski definition) is 2. The van der Waals surface area contributed by atoms with Crippen LogP contribution in [0.1, 0.15) is 52.9 Å². The molecule has 41 heavy (non-hydrogen) atoms. The van der Waals surface area contributed by atoms with Crippen LogP contribution in [0.15, 0.2) is 0 Å². The fourth-order valence-electron chi connectivity index (χ4n) is 5.32. The van der Waals surface area contributed by atoms with E-state index in [9.17, 15) is 74.6 Å². The molecule has 2 rings (SSSR count). The SMILES string of the molecule is CC1(C)C2CCC1(C)C(OCOCCCC(F)(F)C(F)(F)C(F)(F)C(F)(F)C(F)(F)C(F)(F)C(F)(F)C(F)(F)F)C2. The number of halogens is 17. The van der Waals surface area contributed by atoms with Crippen LogP contribution in [0.3, 0.4) is 0 Å². The minimum absolute atomic E-state index is 0.123. The first-order valence-corrected chi connectivity index (χ1v) is 11.8. The quantitative estimate of drug-likeness (QED) is 0.113. The van der Waals surface area contributed by atoms with Gasteiger partial charge in [0.05, 0.1) is 6.10 Å². The highest BCUT2D eigenvalue weighted by atomic mass is 19.4. The van der Waals surface area contributed by atoms with E-state index >= 15 is 0 Å². The Kier molecular flexibility index (Phi) is 8.89. The summed E-state index contributed by atoms with van der Waals surface area (Å²) < 4.78 is 236. The molecule has 0 amide bonds. The van der Waals surface area contributed by atoms with Crippen molar-refractivity contribution in [3.05, 3.63) is 0 Å². The van der Waals surface area contributed by atoms with Crippen LogP contribution >= 0.6 is 0 Å². The molecule has 0 heterocycles. The van der Waals surface area contributed by atoms with Gasteiger partial charge in [-0.15, -0.1) is 0 Å². The Labute approximate surface area is 221 Å². The smallest absolute Gasteiger partial charge is 0.355 e. The number of rotatable bonds is 13. The molecule has 0 saturated heterocycles. The summed E-state index contributed by atoms with van der Waals surface area (Å²) in [5, 5.41) is 0. The lowest BCUT2D eigenvalue weighted by atomic mass is 9.70. The third kappa shape index (κ3) is 4.95. The summed E-state index contributed by atoms with van der Waals surface area (Å²) in [6, 6.07) is 0. The van der Waals surface area contributed by atoms with Crippen LogP contribution in [0.25, 0.3) is 0 Å². The summed E-state index contributed by atoms with van der Waals surface area (Å²) in [5.41, 5.74) is -0.419. The molecule has 2 nitrogen and oxygen atoms in total. The van der Waals surface area contributed by atoms with Gasteiger partial charge in [-0.05, 0) is 42.4 Å². The van der Waals surface area contributed by atoms with Crippen molar-refractivity contribution in [3.8, 4) is 0 Å². The highest BCUT2D eigenvalue weighted by molar-refractivity contribution is 5.15. The van der Waals surface area contributed by atoms with Crippen molar-refractivity contribution in [3.63, 3.8) is 0 Å².